The molecule has 0 saturated carbocycles. The molecule has 24 heavy (non-hydrogen) atoms. The van der Waals surface area contributed by atoms with Crippen LogP contribution in [0.25, 0.3) is 0 Å². The topological polar surface area (TPSA) is 99.0 Å². The molecule has 1 amide bonds. The zero-order valence-corrected chi connectivity index (χ0v) is 13.7. The fourth-order valence-electron chi connectivity index (χ4n) is 2.54. The van der Waals surface area contributed by atoms with Crippen LogP contribution in [0.5, 0.6) is 5.75 Å². The van der Waals surface area contributed by atoms with E-state index in [0.717, 1.165) is 18.9 Å². The lowest BCUT2D eigenvalue weighted by Gasteiger charge is -2.20. The van der Waals surface area contributed by atoms with Crippen LogP contribution in [0.3, 0.4) is 0 Å². The van der Waals surface area contributed by atoms with Crippen LogP contribution in [0, 0.1) is 10.1 Å². The van der Waals surface area contributed by atoms with Crippen molar-refractivity contribution in [1.29, 1.82) is 0 Å². The number of carbonyl (C=O) groups is 2. The van der Waals surface area contributed by atoms with Gasteiger partial charge in [-0.3, -0.25) is 14.9 Å². The number of amides is 1. The normalized spacial score (nSPS) is 15.0. The van der Waals surface area contributed by atoms with Gasteiger partial charge in [-0.05, 0) is 38.8 Å². The number of nitro benzene ring substituents is 1. The van der Waals surface area contributed by atoms with Crippen molar-refractivity contribution in [2.24, 2.45) is 0 Å². The lowest BCUT2D eigenvalue weighted by Crippen LogP contribution is -2.38. The molecule has 1 aromatic rings. The molecule has 1 aliphatic rings. The second kappa shape index (κ2) is 7.76. The molecule has 0 bridgehead atoms. The van der Waals surface area contributed by atoms with Gasteiger partial charge >= 0.3 is 11.7 Å². The third kappa shape index (κ3) is 4.01. The standard InChI is InChI=1S/C16H20N2O6/c1-3-23-14-7-6-12(10-13(14)18(21)22)16(20)24-11(2)15(19)17-8-4-5-9-17/h6-7,10-11H,3-5,8-9H2,1-2H3/t11-/m1/s1. The van der Waals surface area contributed by atoms with Gasteiger partial charge in [-0.15, -0.1) is 0 Å². The second-order valence-corrected chi connectivity index (χ2v) is 5.45. The second-order valence-electron chi connectivity index (χ2n) is 5.45. The van der Waals surface area contributed by atoms with Crippen LogP contribution in [-0.4, -0.2) is 47.5 Å². The van der Waals surface area contributed by atoms with Gasteiger partial charge in [0, 0.05) is 19.2 Å². The third-order valence-corrected chi connectivity index (χ3v) is 3.74. The summed E-state index contributed by atoms with van der Waals surface area (Å²) in [6, 6.07) is 3.83. The Hall–Kier alpha value is -2.64. The molecule has 1 heterocycles. The summed E-state index contributed by atoms with van der Waals surface area (Å²) in [6.45, 7) is 4.80. The number of nitro groups is 1. The summed E-state index contributed by atoms with van der Waals surface area (Å²) in [7, 11) is 0. The van der Waals surface area contributed by atoms with Crippen molar-refractivity contribution in [2.45, 2.75) is 32.8 Å². The van der Waals surface area contributed by atoms with E-state index in [1.54, 1.807) is 11.8 Å². The average molecular weight is 336 g/mol. The molecule has 1 atom stereocenters. The Labute approximate surface area is 139 Å². The number of nitrogens with zero attached hydrogens (tertiary/aromatic N) is 2. The number of esters is 1. The number of ether oxygens (including phenoxy) is 2. The predicted molar refractivity (Wildman–Crippen MR) is 85.0 cm³/mol. The first-order valence-corrected chi connectivity index (χ1v) is 7.85. The Morgan fingerprint density at radius 3 is 2.58 bits per heavy atom. The van der Waals surface area contributed by atoms with Gasteiger partial charge in [-0.1, -0.05) is 0 Å². The zero-order chi connectivity index (χ0) is 17.7. The van der Waals surface area contributed by atoms with E-state index in [2.05, 4.69) is 0 Å². The molecule has 0 N–H and O–H groups in total. The smallest absolute Gasteiger partial charge is 0.339 e. The molecule has 0 aromatic heterocycles. The summed E-state index contributed by atoms with van der Waals surface area (Å²) in [5, 5.41) is 11.1. The maximum Gasteiger partial charge on any atom is 0.339 e. The van der Waals surface area contributed by atoms with Gasteiger partial charge in [0.25, 0.3) is 5.91 Å². The number of hydrogen-bond donors (Lipinski definition) is 0. The van der Waals surface area contributed by atoms with Gasteiger partial charge in [0.2, 0.25) is 0 Å². The van der Waals surface area contributed by atoms with Gasteiger partial charge in [0.1, 0.15) is 0 Å². The minimum Gasteiger partial charge on any atom is -0.487 e. The first kappa shape index (κ1) is 17.7. The van der Waals surface area contributed by atoms with Crippen LogP contribution in [0.4, 0.5) is 5.69 Å². The van der Waals surface area contributed by atoms with Crippen molar-refractivity contribution in [1.82, 2.24) is 4.90 Å². The van der Waals surface area contributed by atoms with Crippen molar-refractivity contribution < 1.29 is 24.0 Å². The van der Waals surface area contributed by atoms with E-state index < -0.39 is 17.0 Å². The monoisotopic (exact) mass is 336 g/mol. The summed E-state index contributed by atoms with van der Waals surface area (Å²) in [6.07, 6.45) is 0.954. The first-order chi connectivity index (χ1) is 11.4. The summed E-state index contributed by atoms with van der Waals surface area (Å²) in [5.74, 6) is -0.942. The minimum atomic E-state index is -0.929. The summed E-state index contributed by atoms with van der Waals surface area (Å²) in [4.78, 5) is 36.4. The maximum atomic E-state index is 12.2. The van der Waals surface area contributed by atoms with E-state index in [9.17, 15) is 19.7 Å². The van der Waals surface area contributed by atoms with Crippen LogP contribution in [0.1, 0.15) is 37.0 Å². The number of hydrogen-bond acceptors (Lipinski definition) is 6. The summed E-state index contributed by atoms with van der Waals surface area (Å²) < 4.78 is 10.3. The molecular formula is C16H20N2O6. The Balaban J connectivity index is 2.10. The van der Waals surface area contributed by atoms with Gasteiger partial charge < -0.3 is 14.4 Å². The van der Waals surface area contributed by atoms with E-state index in [1.807, 2.05) is 0 Å². The fourth-order valence-corrected chi connectivity index (χ4v) is 2.54. The van der Waals surface area contributed by atoms with Crippen LogP contribution in [-0.2, 0) is 9.53 Å². The Morgan fingerprint density at radius 2 is 2.00 bits per heavy atom. The molecule has 0 spiro atoms. The molecule has 130 valence electrons. The molecule has 2 rings (SSSR count). The van der Waals surface area contributed by atoms with Crippen LogP contribution < -0.4 is 4.74 Å². The molecular weight excluding hydrogens is 316 g/mol. The van der Waals surface area contributed by atoms with Gasteiger partial charge in [-0.25, -0.2) is 4.79 Å². The summed E-state index contributed by atoms with van der Waals surface area (Å²) >= 11 is 0. The lowest BCUT2D eigenvalue weighted by molar-refractivity contribution is -0.385. The van der Waals surface area contributed by atoms with Crippen molar-refractivity contribution in [3.63, 3.8) is 0 Å². The van der Waals surface area contributed by atoms with E-state index in [0.29, 0.717) is 13.1 Å². The maximum absolute atomic E-state index is 12.2. The van der Waals surface area contributed by atoms with Crippen LogP contribution >= 0.6 is 0 Å². The van der Waals surface area contributed by atoms with Crippen LogP contribution in [0.15, 0.2) is 18.2 Å². The molecule has 1 fully saturated rings. The summed E-state index contributed by atoms with van der Waals surface area (Å²) in [5.41, 5.74) is -0.309. The number of rotatable bonds is 6. The quantitative estimate of drug-likeness (QED) is 0.448. The lowest BCUT2D eigenvalue weighted by atomic mass is 10.2. The van der Waals surface area contributed by atoms with E-state index in [1.165, 1.54) is 19.1 Å². The van der Waals surface area contributed by atoms with E-state index >= 15 is 0 Å². The average Bonchev–Trinajstić information content (AvgIpc) is 3.08. The van der Waals surface area contributed by atoms with Gasteiger partial charge in [0.15, 0.2) is 11.9 Å². The fraction of sp³-hybridized carbons (Fsp3) is 0.500. The van der Waals surface area contributed by atoms with Crippen molar-refractivity contribution in [3.8, 4) is 5.75 Å². The van der Waals surface area contributed by atoms with Gasteiger partial charge in [-0.2, -0.15) is 0 Å². The highest BCUT2D eigenvalue weighted by Crippen LogP contribution is 2.28. The van der Waals surface area contributed by atoms with Crippen molar-refractivity contribution in [3.05, 3.63) is 33.9 Å². The molecule has 8 nitrogen and oxygen atoms in total. The Morgan fingerprint density at radius 1 is 1.33 bits per heavy atom. The Bertz CT molecular complexity index is 639. The van der Waals surface area contributed by atoms with E-state index in [-0.39, 0.29) is 29.5 Å². The SMILES string of the molecule is CCOc1ccc(C(=O)O[C@H](C)C(=O)N2CCCC2)cc1[N+](=O)[O-]. The van der Waals surface area contributed by atoms with Crippen molar-refractivity contribution >= 4 is 17.6 Å². The first-order valence-electron chi connectivity index (χ1n) is 7.85. The molecule has 1 saturated heterocycles. The van der Waals surface area contributed by atoms with Crippen molar-refractivity contribution in [2.75, 3.05) is 19.7 Å². The molecule has 0 radical (unpaired) electrons. The molecule has 0 aliphatic carbocycles. The van der Waals surface area contributed by atoms with Crippen LogP contribution in [0.2, 0.25) is 0 Å². The Kier molecular flexibility index (Phi) is 5.73. The highest BCUT2D eigenvalue weighted by molar-refractivity contribution is 5.93. The zero-order valence-electron chi connectivity index (χ0n) is 13.7. The molecule has 1 aromatic carbocycles. The van der Waals surface area contributed by atoms with E-state index in [4.69, 9.17) is 9.47 Å². The number of carbonyl (C=O) groups excluding carboxylic acids is 2. The third-order valence-electron chi connectivity index (χ3n) is 3.74. The molecule has 0 unspecified atom stereocenters. The largest absolute Gasteiger partial charge is 0.487 e. The van der Waals surface area contributed by atoms with Gasteiger partial charge in [0.05, 0.1) is 17.1 Å². The number of likely N-dealkylation sites (tertiary alicyclic amines) is 1. The molecule has 8 heteroatoms. The highest BCUT2D eigenvalue weighted by Gasteiger charge is 2.27. The molecule has 1 aliphatic heterocycles. The number of benzene rings is 1. The highest BCUT2D eigenvalue weighted by atomic mass is 16.6. The predicted octanol–water partition coefficient (Wildman–Crippen LogP) is 2.16. The minimum absolute atomic E-state index is 0.00576.